The Hall–Kier alpha value is -0.990. The minimum absolute atomic E-state index is 0.0365. The van der Waals surface area contributed by atoms with Gasteiger partial charge in [0.05, 0.1) is 27.7 Å². The van der Waals surface area contributed by atoms with Crippen LogP contribution >= 0.6 is 7.82 Å². The molecule has 0 aliphatic heterocycles. The second-order valence-corrected chi connectivity index (χ2v) is 16.5. The summed E-state index contributed by atoms with van der Waals surface area (Å²) in [5.41, 5.74) is 0. The lowest BCUT2D eigenvalue weighted by atomic mass is 10.0. The number of carbonyl (C=O) groups is 2. The van der Waals surface area contributed by atoms with E-state index < -0.39 is 26.5 Å². The van der Waals surface area contributed by atoms with Gasteiger partial charge in [-0.2, -0.15) is 0 Å². The number of carbonyl (C=O) groups excluding carboxylic acids is 2. The highest BCUT2D eigenvalue weighted by Gasteiger charge is 2.27. The summed E-state index contributed by atoms with van der Waals surface area (Å²) in [5, 5.41) is 0. The molecule has 0 amide bonds. The Morgan fingerprint density at radius 1 is 0.551 bits per heavy atom. The molecular formula is C39H79NO8P+. The summed E-state index contributed by atoms with van der Waals surface area (Å²) in [7, 11) is 1.49. The van der Waals surface area contributed by atoms with E-state index >= 15 is 0 Å². The third-order valence-electron chi connectivity index (χ3n) is 8.89. The molecule has 0 aromatic rings. The fourth-order valence-corrected chi connectivity index (χ4v) is 6.40. The fraction of sp³-hybridized carbons (Fsp3) is 0.949. The zero-order chi connectivity index (χ0) is 36.5. The summed E-state index contributed by atoms with van der Waals surface area (Å²) in [4.78, 5) is 35.2. The number of esters is 2. The van der Waals surface area contributed by atoms with E-state index in [4.69, 9.17) is 18.5 Å². The van der Waals surface area contributed by atoms with Crippen molar-refractivity contribution in [3.63, 3.8) is 0 Å². The van der Waals surface area contributed by atoms with E-state index in [9.17, 15) is 19.0 Å². The van der Waals surface area contributed by atoms with Crippen LogP contribution in [0.15, 0.2) is 0 Å². The van der Waals surface area contributed by atoms with Crippen molar-refractivity contribution in [3.05, 3.63) is 0 Å². The van der Waals surface area contributed by atoms with E-state index in [2.05, 4.69) is 13.8 Å². The summed E-state index contributed by atoms with van der Waals surface area (Å²) in [5.74, 6) is -0.789. The molecule has 0 heterocycles. The standard InChI is InChI=1S/C39H78NO8P/c1-6-8-10-12-14-16-18-20-22-24-26-28-30-32-39(42)48-37(36-47-49(43,44)46-34-33-40(3,4)5)35-45-38(41)31-29-27-25-23-21-19-17-15-13-11-9-7-2/h37H,6-36H2,1-5H3/p+1/t37-/m1/s1. The van der Waals surface area contributed by atoms with Crippen molar-refractivity contribution in [2.45, 2.75) is 193 Å². The quantitative estimate of drug-likeness (QED) is 0.0292. The fourth-order valence-electron chi connectivity index (χ4n) is 5.66. The number of phosphoric acid groups is 1. The lowest BCUT2D eigenvalue weighted by Gasteiger charge is -2.24. The predicted octanol–water partition coefficient (Wildman–Crippen LogP) is 10.9. The second-order valence-electron chi connectivity index (χ2n) is 15.0. The average molecular weight is 721 g/mol. The van der Waals surface area contributed by atoms with Crippen molar-refractivity contribution >= 4 is 19.8 Å². The monoisotopic (exact) mass is 721 g/mol. The molecule has 0 aromatic carbocycles. The first kappa shape index (κ1) is 48.0. The first-order valence-corrected chi connectivity index (χ1v) is 21.8. The van der Waals surface area contributed by atoms with Crippen LogP contribution in [-0.2, 0) is 32.7 Å². The van der Waals surface area contributed by atoms with Gasteiger partial charge in [0.1, 0.15) is 19.8 Å². The number of likely N-dealkylation sites (N-methyl/N-ethyl adjacent to an activating group) is 1. The number of hydrogen-bond donors (Lipinski definition) is 1. The summed E-state index contributed by atoms with van der Waals surface area (Å²) >= 11 is 0. The summed E-state index contributed by atoms with van der Waals surface area (Å²) < 4.78 is 34.2. The van der Waals surface area contributed by atoms with E-state index in [-0.39, 0.29) is 25.6 Å². The number of unbranched alkanes of at least 4 members (excludes halogenated alkanes) is 23. The number of phosphoric ester groups is 1. The predicted molar refractivity (Wildman–Crippen MR) is 201 cm³/mol. The third kappa shape index (κ3) is 36.6. The first-order valence-electron chi connectivity index (χ1n) is 20.3. The maximum Gasteiger partial charge on any atom is 0.472 e. The maximum absolute atomic E-state index is 12.6. The van der Waals surface area contributed by atoms with Crippen LogP contribution in [-0.4, -0.2) is 74.9 Å². The average Bonchev–Trinajstić information content (AvgIpc) is 3.04. The van der Waals surface area contributed by atoms with Gasteiger partial charge in [0.2, 0.25) is 0 Å². The Morgan fingerprint density at radius 2 is 0.918 bits per heavy atom. The molecular weight excluding hydrogens is 641 g/mol. The van der Waals surface area contributed by atoms with E-state index in [1.54, 1.807) is 0 Å². The number of hydrogen-bond acceptors (Lipinski definition) is 7. The van der Waals surface area contributed by atoms with E-state index in [1.165, 1.54) is 122 Å². The van der Waals surface area contributed by atoms with Crippen molar-refractivity contribution in [1.82, 2.24) is 0 Å². The smallest absolute Gasteiger partial charge is 0.462 e. The van der Waals surface area contributed by atoms with Crippen molar-refractivity contribution in [1.29, 1.82) is 0 Å². The molecule has 0 aliphatic rings. The second kappa shape index (κ2) is 32.9. The van der Waals surface area contributed by atoms with Gasteiger partial charge in [0.15, 0.2) is 6.10 Å². The van der Waals surface area contributed by atoms with Crippen LogP contribution in [0.3, 0.4) is 0 Å². The van der Waals surface area contributed by atoms with E-state index in [1.807, 2.05) is 21.1 Å². The molecule has 1 unspecified atom stereocenters. The minimum Gasteiger partial charge on any atom is -0.462 e. The molecule has 0 spiro atoms. The van der Waals surface area contributed by atoms with Gasteiger partial charge >= 0.3 is 19.8 Å². The molecule has 0 fully saturated rings. The van der Waals surface area contributed by atoms with Crippen LogP contribution in [0, 0.1) is 0 Å². The number of ether oxygens (including phenoxy) is 2. The van der Waals surface area contributed by atoms with Gasteiger partial charge in [-0.3, -0.25) is 18.6 Å². The summed E-state index contributed by atoms with van der Waals surface area (Å²) in [6.45, 7) is 4.43. The molecule has 2 atom stereocenters. The molecule has 0 bridgehead atoms. The highest BCUT2D eigenvalue weighted by Crippen LogP contribution is 2.43. The van der Waals surface area contributed by atoms with Crippen LogP contribution in [0.1, 0.15) is 187 Å². The van der Waals surface area contributed by atoms with Gasteiger partial charge in [-0.1, -0.05) is 162 Å². The zero-order valence-corrected chi connectivity index (χ0v) is 33.6. The number of quaternary nitrogens is 1. The number of rotatable bonds is 37. The molecule has 0 aliphatic carbocycles. The Morgan fingerprint density at radius 3 is 1.31 bits per heavy atom. The van der Waals surface area contributed by atoms with Gasteiger partial charge in [0, 0.05) is 12.8 Å². The van der Waals surface area contributed by atoms with Crippen molar-refractivity contribution in [3.8, 4) is 0 Å². The van der Waals surface area contributed by atoms with Crippen LogP contribution in [0.5, 0.6) is 0 Å². The van der Waals surface area contributed by atoms with Crippen LogP contribution < -0.4 is 0 Å². The molecule has 0 radical (unpaired) electrons. The van der Waals surface area contributed by atoms with Gasteiger partial charge in [-0.25, -0.2) is 4.57 Å². The molecule has 0 rings (SSSR count). The minimum atomic E-state index is -4.36. The lowest BCUT2D eigenvalue weighted by molar-refractivity contribution is -0.870. The van der Waals surface area contributed by atoms with Gasteiger partial charge < -0.3 is 18.9 Å². The summed E-state index contributed by atoms with van der Waals surface area (Å²) in [6.07, 6.45) is 30.0. The Kier molecular flexibility index (Phi) is 32.2. The Bertz CT molecular complexity index is 819. The molecule has 9 nitrogen and oxygen atoms in total. The van der Waals surface area contributed by atoms with E-state index in [0.29, 0.717) is 17.4 Å². The molecule has 0 aromatic heterocycles. The number of nitrogens with zero attached hydrogens (tertiary/aromatic N) is 1. The zero-order valence-electron chi connectivity index (χ0n) is 32.7. The molecule has 292 valence electrons. The van der Waals surface area contributed by atoms with Crippen LogP contribution in [0.25, 0.3) is 0 Å². The molecule has 10 heteroatoms. The SMILES string of the molecule is CCCCCCCCCCCCCCCC(=O)O[C@H](COC(=O)CCCCCCCCCCCCCC)COP(=O)(O)OCC[N+](C)(C)C. The van der Waals surface area contributed by atoms with Crippen LogP contribution in [0.4, 0.5) is 0 Å². The van der Waals surface area contributed by atoms with Crippen LogP contribution in [0.2, 0.25) is 0 Å². The van der Waals surface area contributed by atoms with Crippen molar-refractivity contribution in [2.24, 2.45) is 0 Å². The van der Waals surface area contributed by atoms with Crippen molar-refractivity contribution < 1.29 is 42.1 Å². The van der Waals surface area contributed by atoms with Gasteiger partial charge in [-0.15, -0.1) is 0 Å². The molecule has 0 saturated carbocycles. The van der Waals surface area contributed by atoms with Gasteiger partial charge in [0.25, 0.3) is 0 Å². The Labute approximate surface area is 302 Å². The topological polar surface area (TPSA) is 108 Å². The summed E-state index contributed by atoms with van der Waals surface area (Å²) in [6, 6.07) is 0. The maximum atomic E-state index is 12.6. The van der Waals surface area contributed by atoms with Gasteiger partial charge in [-0.05, 0) is 12.8 Å². The Balaban J connectivity index is 4.38. The normalized spacial score (nSPS) is 13.7. The van der Waals surface area contributed by atoms with E-state index in [0.717, 1.165) is 38.5 Å². The molecule has 0 saturated heterocycles. The third-order valence-corrected chi connectivity index (χ3v) is 9.87. The highest BCUT2D eigenvalue weighted by atomic mass is 31.2. The lowest BCUT2D eigenvalue weighted by Crippen LogP contribution is -2.37. The molecule has 49 heavy (non-hydrogen) atoms. The highest BCUT2D eigenvalue weighted by molar-refractivity contribution is 7.47. The van der Waals surface area contributed by atoms with Crippen molar-refractivity contribution in [2.75, 3.05) is 47.5 Å². The largest absolute Gasteiger partial charge is 0.472 e. The first-order chi connectivity index (χ1) is 23.5. The molecule has 1 N–H and O–H groups in total.